The Bertz CT molecular complexity index is 1110. The van der Waals surface area contributed by atoms with Crippen LogP contribution in [0.4, 0.5) is 0 Å². The fourth-order valence-corrected chi connectivity index (χ4v) is 3.78. The maximum atomic E-state index is 12.8. The fraction of sp³-hybridized carbons (Fsp3) is 0.292. The number of benzene rings is 1. The molecule has 0 aliphatic carbocycles. The van der Waals surface area contributed by atoms with E-state index in [1.165, 1.54) is 17.6 Å². The maximum Gasteiger partial charge on any atom is 0.355 e. The molecule has 0 saturated carbocycles. The zero-order chi connectivity index (χ0) is 22.0. The van der Waals surface area contributed by atoms with E-state index in [0.29, 0.717) is 11.1 Å². The molecule has 0 spiro atoms. The molecule has 0 fully saturated rings. The number of hydrogen-bond acceptors (Lipinski definition) is 4. The van der Waals surface area contributed by atoms with Crippen LogP contribution >= 0.6 is 0 Å². The Morgan fingerprint density at radius 2 is 1.73 bits per heavy atom. The first-order valence-corrected chi connectivity index (χ1v) is 9.81. The first-order valence-electron chi connectivity index (χ1n) is 9.81. The number of carbonyl (C=O) groups excluding carboxylic acids is 3. The van der Waals surface area contributed by atoms with Crippen molar-refractivity contribution < 1.29 is 19.1 Å². The lowest BCUT2D eigenvalue weighted by Gasteiger charge is -2.19. The average molecular weight is 406 g/mol. The summed E-state index contributed by atoms with van der Waals surface area (Å²) in [4.78, 5) is 36.6. The second-order valence-electron chi connectivity index (χ2n) is 7.52. The van der Waals surface area contributed by atoms with Gasteiger partial charge < -0.3 is 13.9 Å². The van der Waals surface area contributed by atoms with Gasteiger partial charge in [-0.25, -0.2) is 4.79 Å². The SMILES string of the molecule is CC(=O)c1cc(C(=O)OCC(=O)c2cc(C)n([C@H](C)c3ccccc3)c2C)n(C)c1. The molecule has 6 nitrogen and oxygen atoms in total. The molecule has 1 aromatic carbocycles. The molecule has 1 atom stereocenters. The van der Waals surface area contributed by atoms with E-state index in [1.807, 2.05) is 38.1 Å². The zero-order valence-corrected chi connectivity index (χ0v) is 17.9. The number of hydrogen-bond donors (Lipinski definition) is 0. The van der Waals surface area contributed by atoms with Crippen LogP contribution < -0.4 is 0 Å². The van der Waals surface area contributed by atoms with Gasteiger partial charge in [-0.05, 0) is 45.4 Å². The van der Waals surface area contributed by atoms with E-state index in [2.05, 4.69) is 23.6 Å². The first-order chi connectivity index (χ1) is 14.2. The van der Waals surface area contributed by atoms with Gasteiger partial charge in [0.2, 0.25) is 5.78 Å². The van der Waals surface area contributed by atoms with Gasteiger partial charge in [-0.2, -0.15) is 0 Å². The Morgan fingerprint density at radius 1 is 1.07 bits per heavy atom. The lowest BCUT2D eigenvalue weighted by Crippen LogP contribution is -2.17. The number of rotatable bonds is 7. The van der Waals surface area contributed by atoms with Crippen molar-refractivity contribution in [1.82, 2.24) is 9.13 Å². The highest BCUT2D eigenvalue weighted by Gasteiger charge is 2.22. The van der Waals surface area contributed by atoms with Gasteiger partial charge in [-0.1, -0.05) is 30.3 Å². The molecule has 0 aliphatic heterocycles. The van der Waals surface area contributed by atoms with Gasteiger partial charge in [0.05, 0.1) is 6.04 Å². The van der Waals surface area contributed by atoms with Crippen molar-refractivity contribution in [2.45, 2.75) is 33.7 Å². The number of ketones is 2. The van der Waals surface area contributed by atoms with E-state index in [4.69, 9.17) is 4.74 Å². The molecular formula is C24H26N2O4. The van der Waals surface area contributed by atoms with Crippen LogP contribution in [0.3, 0.4) is 0 Å². The van der Waals surface area contributed by atoms with Crippen LogP contribution in [0.2, 0.25) is 0 Å². The molecule has 3 aromatic rings. The molecule has 156 valence electrons. The minimum Gasteiger partial charge on any atom is -0.453 e. The van der Waals surface area contributed by atoms with Crippen LogP contribution in [0, 0.1) is 13.8 Å². The monoisotopic (exact) mass is 406 g/mol. The van der Waals surface area contributed by atoms with Crippen molar-refractivity contribution >= 4 is 17.5 Å². The molecule has 0 aliphatic rings. The summed E-state index contributed by atoms with van der Waals surface area (Å²) in [7, 11) is 1.66. The zero-order valence-electron chi connectivity index (χ0n) is 17.9. The molecule has 0 radical (unpaired) electrons. The van der Waals surface area contributed by atoms with Crippen molar-refractivity contribution in [2.75, 3.05) is 6.61 Å². The van der Waals surface area contributed by atoms with Crippen molar-refractivity contribution in [3.63, 3.8) is 0 Å². The summed E-state index contributed by atoms with van der Waals surface area (Å²) in [6.45, 7) is 7.02. The first kappa shape index (κ1) is 21.3. The lowest BCUT2D eigenvalue weighted by molar-refractivity contribution is 0.0465. The Hall–Kier alpha value is -3.41. The van der Waals surface area contributed by atoms with E-state index < -0.39 is 5.97 Å². The van der Waals surface area contributed by atoms with Gasteiger partial charge in [0.1, 0.15) is 5.69 Å². The highest BCUT2D eigenvalue weighted by atomic mass is 16.5. The van der Waals surface area contributed by atoms with E-state index in [9.17, 15) is 14.4 Å². The van der Waals surface area contributed by atoms with Crippen molar-refractivity contribution in [3.05, 3.63) is 82.4 Å². The molecule has 0 saturated heterocycles. The number of aromatic nitrogens is 2. The average Bonchev–Trinajstić information content (AvgIpc) is 3.25. The minimum atomic E-state index is -0.634. The molecule has 0 unspecified atom stereocenters. The molecule has 30 heavy (non-hydrogen) atoms. The van der Waals surface area contributed by atoms with E-state index in [0.717, 1.165) is 17.0 Å². The Labute approximate surface area is 176 Å². The summed E-state index contributed by atoms with van der Waals surface area (Å²) in [5.41, 5.74) is 4.15. The lowest BCUT2D eigenvalue weighted by atomic mass is 10.1. The smallest absolute Gasteiger partial charge is 0.355 e. The number of esters is 1. The number of nitrogens with zero attached hydrogens (tertiary/aromatic N) is 2. The fourth-order valence-electron chi connectivity index (χ4n) is 3.78. The number of carbonyl (C=O) groups is 3. The standard InChI is InChI=1S/C24H26N2O4/c1-15-11-21(17(3)26(15)16(2)19-9-7-6-8-10-19)23(28)14-30-24(29)22-12-20(18(4)27)13-25(22)5/h6-13,16H,14H2,1-5H3/t16-/m1/s1. The molecule has 0 amide bonds. The maximum absolute atomic E-state index is 12.8. The molecule has 0 bridgehead atoms. The van der Waals surface area contributed by atoms with Crippen LogP contribution in [0.15, 0.2) is 48.7 Å². The Morgan fingerprint density at radius 3 is 2.33 bits per heavy atom. The summed E-state index contributed by atoms with van der Waals surface area (Å²) < 4.78 is 8.87. The van der Waals surface area contributed by atoms with Gasteiger partial charge in [0, 0.05) is 35.8 Å². The van der Waals surface area contributed by atoms with Gasteiger partial charge in [-0.3, -0.25) is 9.59 Å². The second-order valence-corrected chi connectivity index (χ2v) is 7.52. The Balaban J connectivity index is 1.75. The van der Waals surface area contributed by atoms with Crippen LogP contribution in [0.5, 0.6) is 0 Å². The predicted octanol–water partition coefficient (Wildman–Crippen LogP) is 4.30. The van der Waals surface area contributed by atoms with Gasteiger partial charge >= 0.3 is 5.97 Å². The molecule has 2 heterocycles. The number of aryl methyl sites for hydroxylation is 2. The largest absolute Gasteiger partial charge is 0.453 e. The number of Topliss-reactive ketones (excluding diaryl/α,β-unsaturated/α-hetero) is 2. The third kappa shape index (κ3) is 4.13. The predicted molar refractivity (Wildman–Crippen MR) is 114 cm³/mol. The highest BCUT2D eigenvalue weighted by Crippen LogP contribution is 2.26. The highest BCUT2D eigenvalue weighted by molar-refractivity contribution is 6.01. The molecule has 2 aromatic heterocycles. The minimum absolute atomic E-state index is 0.0728. The number of ether oxygens (including phenoxy) is 1. The molecule has 0 N–H and O–H groups in total. The third-order valence-corrected chi connectivity index (χ3v) is 5.41. The summed E-state index contributed by atoms with van der Waals surface area (Å²) in [6.07, 6.45) is 1.57. The Kier molecular flexibility index (Phi) is 6.06. The van der Waals surface area contributed by atoms with Crippen LogP contribution in [0.1, 0.15) is 68.0 Å². The summed E-state index contributed by atoms with van der Waals surface area (Å²) >= 11 is 0. The van der Waals surface area contributed by atoms with Crippen LogP contribution in [-0.4, -0.2) is 33.3 Å². The normalized spacial score (nSPS) is 11.9. The second kappa shape index (κ2) is 8.53. The van der Waals surface area contributed by atoms with Gasteiger partial charge in [-0.15, -0.1) is 0 Å². The summed E-state index contributed by atoms with van der Waals surface area (Å²) in [6, 6.07) is 13.5. The molecule has 6 heteroatoms. The summed E-state index contributed by atoms with van der Waals surface area (Å²) in [5, 5.41) is 0. The van der Waals surface area contributed by atoms with Crippen LogP contribution in [-0.2, 0) is 11.8 Å². The van der Waals surface area contributed by atoms with E-state index >= 15 is 0 Å². The molecular weight excluding hydrogens is 380 g/mol. The quantitative estimate of drug-likeness (QED) is 0.433. The van der Waals surface area contributed by atoms with E-state index in [-0.39, 0.29) is 29.9 Å². The molecule has 3 rings (SSSR count). The third-order valence-electron chi connectivity index (χ3n) is 5.41. The van der Waals surface area contributed by atoms with Gasteiger partial charge in [0.25, 0.3) is 0 Å². The van der Waals surface area contributed by atoms with Gasteiger partial charge in [0.15, 0.2) is 12.4 Å². The van der Waals surface area contributed by atoms with Crippen LogP contribution in [0.25, 0.3) is 0 Å². The topological polar surface area (TPSA) is 70.3 Å². The summed E-state index contributed by atoms with van der Waals surface area (Å²) in [5.74, 6) is -1.03. The van der Waals surface area contributed by atoms with E-state index in [1.54, 1.807) is 13.2 Å². The van der Waals surface area contributed by atoms with Crippen molar-refractivity contribution in [3.8, 4) is 0 Å². The van der Waals surface area contributed by atoms with Crippen molar-refractivity contribution in [1.29, 1.82) is 0 Å². The van der Waals surface area contributed by atoms with Crippen molar-refractivity contribution in [2.24, 2.45) is 7.05 Å².